The third-order valence-corrected chi connectivity index (χ3v) is 1.92. The summed E-state index contributed by atoms with van der Waals surface area (Å²) in [5.74, 6) is 1.47. The van der Waals surface area contributed by atoms with Gasteiger partial charge in [-0.15, -0.1) is 0 Å². The highest BCUT2D eigenvalue weighted by Gasteiger charge is 2.01. The average Bonchev–Trinajstić information content (AvgIpc) is 2.71. The van der Waals surface area contributed by atoms with Gasteiger partial charge in [-0.05, 0) is 12.1 Å². The largest absolute Gasteiger partial charge is 0.396 e. The van der Waals surface area contributed by atoms with Crippen molar-refractivity contribution in [3.05, 3.63) is 30.9 Å². The van der Waals surface area contributed by atoms with Crippen LogP contribution < -0.4 is 11.1 Å². The first-order valence-corrected chi connectivity index (χ1v) is 4.24. The third kappa shape index (κ3) is 1.39. The summed E-state index contributed by atoms with van der Waals surface area (Å²) in [6.45, 7) is 0. The van der Waals surface area contributed by atoms with Gasteiger partial charge in [0.15, 0.2) is 5.82 Å². The summed E-state index contributed by atoms with van der Waals surface area (Å²) in [4.78, 5) is 8.27. The molecule has 5 nitrogen and oxygen atoms in total. The number of hydrogen-bond donors (Lipinski definition) is 2. The minimum atomic E-state index is 0.636. The van der Waals surface area contributed by atoms with Crippen molar-refractivity contribution in [1.29, 1.82) is 0 Å². The molecule has 0 aliphatic carbocycles. The molecule has 5 heteroatoms. The zero-order valence-electron chi connectivity index (χ0n) is 7.81. The Morgan fingerprint density at radius 3 is 2.93 bits per heavy atom. The smallest absolute Gasteiger partial charge is 0.151 e. The maximum absolute atomic E-state index is 5.70. The molecule has 0 radical (unpaired) electrons. The van der Waals surface area contributed by atoms with E-state index in [9.17, 15) is 0 Å². The third-order valence-electron chi connectivity index (χ3n) is 1.92. The van der Waals surface area contributed by atoms with Crippen LogP contribution in [0.4, 0.5) is 11.5 Å². The lowest BCUT2D eigenvalue weighted by molar-refractivity contribution is 0.995. The summed E-state index contributed by atoms with van der Waals surface area (Å²) in [7, 11) is 1.79. The van der Waals surface area contributed by atoms with E-state index < -0.39 is 0 Å². The Morgan fingerprint density at radius 1 is 1.43 bits per heavy atom. The molecule has 3 N–H and O–H groups in total. The first kappa shape index (κ1) is 8.55. The number of rotatable bonds is 2. The normalized spacial score (nSPS) is 10.1. The van der Waals surface area contributed by atoms with E-state index in [1.54, 1.807) is 19.6 Å². The fraction of sp³-hybridized carbons (Fsp3) is 0.111. The van der Waals surface area contributed by atoms with Crippen LogP contribution in [0.1, 0.15) is 0 Å². The van der Waals surface area contributed by atoms with Crippen molar-refractivity contribution in [3.8, 4) is 5.82 Å². The minimum absolute atomic E-state index is 0.636. The Labute approximate surface area is 81.6 Å². The van der Waals surface area contributed by atoms with E-state index in [1.807, 2.05) is 22.9 Å². The van der Waals surface area contributed by atoms with Gasteiger partial charge in [-0.1, -0.05) is 0 Å². The Hall–Kier alpha value is -2.04. The summed E-state index contributed by atoms with van der Waals surface area (Å²) < 4.78 is 1.82. The summed E-state index contributed by atoms with van der Waals surface area (Å²) in [5, 5.41) is 2.93. The second kappa shape index (κ2) is 3.37. The molecule has 0 unspecified atom stereocenters. The van der Waals surface area contributed by atoms with Gasteiger partial charge in [0.05, 0.1) is 5.69 Å². The van der Waals surface area contributed by atoms with Crippen molar-refractivity contribution >= 4 is 11.5 Å². The number of pyridine rings is 1. The molecule has 72 valence electrons. The fourth-order valence-corrected chi connectivity index (χ4v) is 1.20. The first-order valence-electron chi connectivity index (χ1n) is 4.24. The Morgan fingerprint density at radius 2 is 2.29 bits per heavy atom. The molecule has 0 atom stereocenters. The second-order valence-electron chi connectivity index (χ2n) is 2.83. The van der Waals surface area contributed by atoms with Crippen molar-refractivity contribution in [1.82, 2.24) is 14.5 Å². The maximum atomic E-state index is 5.70. The lowest BCUT2D eigenvalue weighted by Crippen LogP contribution is -2.02. The molecule has 0 aliphatic rings. The monoisotopic (exact) mass is 189 g/mol. The predicted molar refractivity (Wildman–Crippen MR) is 55.3 cm³/mol. The number of nitrogen functional groups attached to an aromatic ring is 1. The molecule has 14 heavy (non-hydrogen) atoms. The minimum Gasteiger partial charge on any atom is -0.396 e. The van der Waals surface area contributed by atoms with E-state index in [2.05, 4.69) is 15.3 Å². The molecule has 0 saturated heterocycles. The van der Waals surface area contributed by atoms with Crippen molar-refractivity contribution in [3.63, 3.8) is 0 Å². The van der Waals surface area contributed by atoms with Crippen molar-refractivity contribution < 1.29 is 0 Å². The molecule has 0 bridgehead atoms. The van der Waals surface area contributed by atoms with Gasteiger partial charge in [-0.3, -0.25) is 4.57 Å². The molecule has 2 aromatic rings. The highest BCUT2D eigenvalue weighted by molar-refractivity contribution is 5.62. The second-order valence-corrected chi connectivity index (χ2v) is 2.83. The number of nitrogens with zero attached hydrogens (tertiary/aromatic N) is 3. The Kier molecular flexibility index (Phi) is 2.06. The predicted octanol–water partition coefficient (Wildman–Crippen LogP) is 0.891. The highest BCUT2D eigenvalue weighted by Crippen LogP contribution is 2.16. The van der Waals surface area contributed by atoms with Crippen LogP contribution in [0.2, 0.25) is 0 Å². The Bertz CT molecular complexity index is 421. The SMILES string of the molecule is CNc1nc(-n2ccnc2)ccc1N. The van der Waals surface area contributed by atoms with E-state index in [-0.39, 0.29) is 0 Å². The Balaban J connectivity index is 2.46. The van der Waals surface area contributed by atoms with E-state index in [0.29, 0.717) is 11.5 Å². The van der Waals surface area contributed by atoms with Crippen LogP contribution in [0.25, 0.3) is 5.82 Å². The molecule has 0 aromatic carbocycles. The molecule has 0 fully saturated rings. The number of anilines is 2. The molecular formula is C9H11N5. The number of nitrogens with two attached hydrogens (primary N) is 1. The van der Waals surface area contributed by atoms with Gasteiger partial charge in [-0.2, -0.15) is 0 Å². The zero-order valence-corrected chi connectivity index (χ0v) is 7.81. The summed E-state index contributed by atoms with van der Waals surface area (Å²) >= 11 is 0. The van der Waals surface area contributed by atoms with Crippen LogP contribution >= 0.6 is 0 Å². The molecule has 2 rings (SSSR count). The number of nitrogens with one attached hydrogen (secondary N) is 1. The van der Waals surface area contributed by atoms with Crippen LogP contribution in [0.3, 0.4) is 0 Å². The van der Waals surface area contributed by atoms with E-state index in [1.165, 1.54) is 0 Å². The zero-order chi connectivity index (χ0) is 9.97. The molecule has 2 heterocycles. The van der Waals surface area contributed by atoms with Gasteiger partial charge in [0.1, 0.15) is 12.1 Å². The van der Waals surface area contributed by atoms with Crippen LogP contribution in [0.5, 0.6) is 0 Å². The summed E-state index contributed by atoms with van der Waals surface area (Å²) in [6, 6.07) is 3.66. The van der Waals surface area contributed by atoms with Crippen molar-refractivity contribution in [2.24, 2.45) is 0 Å². The van der Waals surface area contributed by atoms with Gasteiger partial charge < -0.3 is 11.1 Å². The van der Waals surface area contributed by atoms with E-state index in [0.717, 1.165) is 5.82 Å². The molecule has 2 aromatic heterocycles. The average molecular weight is 189 g/mol. The van der Waals surface area contributed by atoms with Gasteiger partial charge >= 0.3 is 0 Å². The molecular weight excluding hydrogens is 178 g/mol. The lowest BCUT2D eigenvalue weighted by atomic mass is 10.4. The maximum Gasteiger partial charge on any atom is 0.151 e. The van der Waals surface area contributed by atoms with E-state index >= 15 is 0 Å². The summed E-state index contributed by atoms with van der Waals surface area (Å²) in [6.07, 6.45) is 5.23. The summed E-state index contributed by atoms with van der Waals surface area (Å²) in [5.41, 5.74) is 6.34. The number of imidazole rings is 1. The van der Waals surface area contributed by atoms with Gasteiger partial charge in [0, 0.05) is 19.4 Å². The molecule has 0 amide bonds. The molecule has 0 saturated carbocycles. The molecule has 0 spiro atoms. The standard InChI is InChI=1S/C9H11N5/c1-11-9-7(10)2-3-8(13-9)14-5-4-12-6-14/h2-6H,10H2,1H3,(H,11,13). The van der Waals surface area contributed by atoms with Crippen LogP contribution in [0, 0.1) is 0 Å². The number of hydrogen-bond acceptors (Lipinski definition) is 4. The van der Waals surface area contributed by atoms with Crippen molar-refractivity contribution in [2.45, 2.75) is 0 Å². The number of aromatic nitrogens is 3. The van der Waals surface area contributed by atoms with Gasteiger partial charge in [0.25, 0.3) is 0 Å². The highest BCUT2D eigenvalue weighted by atomic mass is 15.1. The van der Waals surface area contributed by atoms with Crippen LogP contribution in [-0.2, 0) is 0 Å². The van der Waals surface area contributed by atoms with Gasteiger partial charge in [0.2, 0.25) is 0 Å². The molecule has 0 aliphatic heterocycles. The van der Waals surface area contributed by atoms with Crippen molar-refractivity contribution in [2.75, 3.05) is 18.1 Å². The quantitative estimate of drug-likeness (QED) is 0.736. The van der Waals surface area contributed by atoms with Crippen LogP contribution in [-0.4, -0.2) is 21.6 Å². The van der Waals surface area contributed by atoms with Crippen LogP contribution in [0.15, 0.2) is 30.9 Å². The topological polar surface area (TPSA) is 68.8 Å². The first-order chi connectivity index (χ1) is 6.81. The van der Waals surface area contributed by atoms with Gasteiger partial charge in [-0.25, -0.2) is 9.97 Å². The van der Waals surface area contributed by atoms with E-state index in [4.69, 9.17) is 5.73 Å². The lowest BCUT2D eigenvalue weighted by Gasteiger charge is -2.06. The fourth-order valence-electron chi connectivity index (χ4n) is 1.20.